The van der Waals surface area contributed by atoms with Gasteiger partial charge >= 0.3 is 0 Å². The average molecular weight is 251 g/mol. The fraction of sp³-hybridized carbons (Fsp3) is 0.500. The Morgan fingerprint density at radius 2 is 1.72 bits per heavy atom. The first kappa shape index (κ1) is 18.6. The number of aryl methyl sites for hydroxylation is 1. The second-order valence-corrected chi connectivity index (χ2v) is 2.80. The Balaban J connectivity index is 0. The molecule has 1 N–H and O–H groups in total. The average Bonchev–Trinajstić information content (AvgIpc) is 2.44. The van der Waals surface area contributed by atoms with Crippen molar-refractivity contribution in [2.24, 2.45) is 0 Å². The molecule has 1 aromatic rings. The molecular formula is C14H25N3O. The minimum atomic E-state index is -0.150. The van der Waals surface area contributed by atoms with Crippen LogP contribution in [0.4, 0.5) is 0 Å². The number of nitrogens with zero attached hydrogens (tertiary/aromatic N) is 2. The van der Waals surface area contributed by atoms with Crippen molar-refractivity contribution < 1.29 is 4.79 Å². The van der Waals surface area contributed by atoms with Crippen molar-refractivity contribution in [2.45, 2.75) is 41.5 Å². The van der Waals surface area contributed by atoms with Crippen LogP contribution in [0.25, 0.3) is 0 Å². The highest BCUT2D eigenvalue weighted by Gasteiger charge is 2.03. The van der Waals surface area contributed by atoms with Crippen LogP contribution >= 0.6 is 0 Å². The normalized spacial score (nSPS) is 8.78. The molecule has 0 fully saturated rings. The number of allylic oxidation sites excluding steroid dienone is 1. The van der Waals surface area contributed by atoms with Crippen molar-refractivity contribution >= 4 is 5.91 Å². The Hall–Kier alpha value is -1.71. The summed E-state index contributed by atoms with van der Waals surface area (Å²) in [6.07, 6.45) is 6.79. The molecule has 1 aromatic heterocycles. The fourth-order valence-corrected chi connectivity index (χ4v) is 0.881. The molecule has 1 rings (SSSR count). The standard InChI is InChI=1S/C10H13N3O.2C2H6/c1-3-4-5-11-10(14)9-6-12-8(2)13-7-9;2*1-2/h3-4,6-7H,5H2,1-2H3,(H,11,14);2*1-2H3/b4-3+;;. The molecule has 4 nitrogen and oxygen atoms in total. The van der Waals surface area contributed by atoms with Crippen molar-refractivity contribution in [1.82, 2.24) is 15.3 Å². The summed E-state index contributed by atoms with van der Waals surface area (Å²) >= 11 is 0. The van der Waals surface area contributed by atoms with Crippen molar-refractivity contribution in [3.8, 4) is 0 Å². The van der Waals surface area contributed by atoms with E-state index in [9.17, 15) is 4.79 Å². The molecule has 1 heterocycles. The van der Waals surface area contributed by atoms with Gasteiger partial charge in [-0.25, -0.2) is 9.97 Å². The molecule has 0 atom stereocenters. The number of amides is 1. The van der Waals surface area contributed by atoms with Gasteiger partial charge in [-0.2, -0.15) is 0 Å². The maximum absolute atomic E-state index is 11.4. The number of carbonyl (C=O) groups excluding carboxylic acids is 1. The summed E-state index contributed by atoms with van der Waals surface area (Å²) in [4.78, 5) is 19.3. The van der Waals surface area contributed by atoms with Crippen LogP contribution in [0.1, 0.15) is 50.8 Å². The molecule has 0 aliphatic heterocycles. The van der Waals surface area contributed by atoms with Gasteiger partial charge in [-0.05, 0) is 13.8 Å². The van der Waals surface area contributed by atoms with Crippen LogP contribution in [0, 0.1) is 6.92 Å². The van der Waals surface area contributed by atoms with Gasteiger partial charge in [0, 0.05) is 18.9 Å². The minimum absolute atomic E-state index is 0.150. The maximum atomic E-state index is 11.4. The molecule has 4 heteroatoms. The van der Waals surface area contributed by atoms with Gasteiger partial charge in [0.05, 0.1) is 5.56 Å². The van der Waals surface area contributed by atoms with Gasteiger partial charge < -0.3 is 5.32 Å². The second-order valence-electron chi connectivity index (χ2n) is 2.80. The van der Waals surface area contributed by atoms with E-state index in [-0.39, 0.29) is 5.91 Å². The molecule has 0 aromatic carbocycles. The van der Waals surface area contributed by atoms with Crippen molar-refractivity contribution in [3.05, 3.63) is 35.9 Å². The van der Waals surface area contributed by atoms with Crippen LogP contribution in [0.5, 0.6) is 0 Å². The lowest BCUT2D eigenvalue weighted by Crippen LogP contribution is -2.23. The molecule has 0 radical (unpaired) electrons. The van der Waals surface area contributed by atoms with Gasteiger partial charge in [-0.15, -0.1) is 0 Å². The summed E-state index contributed by atoms with van der Waals surface area (Å²) in [6, 6.07) is 0. The van der Waals surface area contributed by atoms with Crippen LogP contribution in [-0.2, 0) is 0 Å². The third-order valence-electron chi connectivity index (χ3n) is 1.66. The highest BCUT2D eigenvalue weighted by Crippen LogP contribution is 1.94. The van der Waals surface area contributed by atoms with Gasteiger partial charge in [0.25, 0.3) is 5.91 Å². The van der Waals surface area contributed by atoms with Crippen LogP contribution in [-0.4, -0.2) is 22.4 Å². The lowest BCUT2D eigenvalue weighted by atomic mass is 10.3. The molecule has 0 saturated heterocycles. The van der Waals surface area contributed by atoms with E-state index in [2.05, 4.69) is 15.3 Å². The summed E-state index contributed by atoms with van der Waals surface area (Å²) in [7, 11) is 0. The van der Waals surface area contributed by atoms with Gasteiger partial charge in [0.1, 0.15) is 5.82 Å². The third-order valence-corrected chi connectivity index (χ3v) is 1.66. The van der Waals surface area contributed by atoms with Crippen LogP contribution in [0.15, 0.2) is 24.5 Å². The molecule has 0 spiro atoms. The molecule has 102 valence electrons. The Morgan fingerprint density at radius 1 is 1.22 bits per heavy atom. The number of carbonyl (C=O) groups is 1. The second kappa shape index (κ2) is 13.4. The molecular weight excluding hydrogens is 226 g/mol. The Kier molecular flexibility index (Phi) is 13.8. The van der Waals surface area contributed by atoms with Crippen LogP contribution in [0.3, 0.4) is 0 Å². The molecule has 1 amide bonds. The zero-order valence-electron chi connectivity index (χ0n) is 12.3. The van der Waals surface area contributed by atoms with Crippen LogP contribution < -0.4 is 5.32 Å². The molecule has 18 heavy (non-hydrogen) atoms. The molecule has 0 unspecified atom stereocenters. The van der Waals surface area contributed by atoms with Crippen molar-refractivity contribution in [3.63, 3.8) is 0 Å². The topological polar surface area (TPSA) is 54.9 Å². The summed E-state index contributed by atoms with van der Waals surface area (Å²) in [5.74, 6) is 0.512. The fourth-order valence-electron chi connectivity index (χ4n) is 0.881. The number of aromatic nitrogens is 2. The Morgan fingerprint density at radius 3 is 2.17 bits per heavy atom. The van der Waals surface area contributed by atoms with E-state index >= 15 is 0 Å². The number of hydrogen-bond donors (Lipinski definition) is 1. The molecule has 0 saturated carbocycles. The lowest BCUT2D eigenvalue weighted by molar-refractivity contribution is 0.0957. The summed E-state index contributed by atoms with van der Waals surface area (Å²) in [6.45, 7) is 12.2. The predicted octanol–water partition coefficient (Wildman–Crippen LogP) is 3.14. The zero-order chi connectivity index (χ0) is 14.4. The largest absolute Gasteiger partial charge is 0.348 e. The van der Waals surface area contributed by atoms with E-state index in [0.29, 0.717) is 17.9 Å². The number of hydrogen-bond acceptors (Lipinski definition) is 3. The molecule has 0 bridgehead atoms. The first-order chi connectivity index (χ1) is 8.74. The first-order valence-corrected chi connectivity index (χ1v) is 6.42. The van der Waals surface area contributed by atoms with Gasteiger partial charge in [0.15, 0.2) is 0 Å². The lowest BCUT2D eigenvalue weighted by Gasteiger charge is -2.00. The molecule has 0 aliphatic carbocycles. The monoisotopic (exact) mass is 251 g/mol. The zero-order valence-corrected chi connectivity index (χ0v) is 12.3. The van der Waals surface area contributed by atoms with Crippen LogP contribution in [0.2, 0.25) is 0 Å². The maximum Gasteiger partial charge on any atom is 0.254 e. The number of nitrogens with one attached hydrogen (secondary N) is 1. The minimum Gasteiger partial charge on any atom is -0.348 e. The first-order valence-electron chi connectivity index (χ1n) is 6.42. The van der Waals surface area contributed by atoms with E-state index in [1.165, 1.54) is 12.4 Å². The van der Waals surface area contributed by atoms with Gasteiger partial charge in [-0.3, -0.25) is 4.79 Å². The van der Waals surface area contributed by atoms with Crippen molar-refractivity contribution in [2.75, 3.05) is 6.54 Å². The third kappa shape index (κ3) is 8.44. The van der Waals surface area contributed by atoms with E-state index in [0.717, 1.165) is 0 Å². The Labute approximate surface area is 111 Å². The molecule has 0 aliphatic rings. The number of rotatable bonds is 3. The SMILES string of the molecule is C/C=C/CNC(=O)c1cnc(C)nc1.CC.CC. The highest BCUT2D eigenvalue weighted by atomic mass is 16.1. The van der Waals surface area contributed by atoms with E-state index in [1.54, 1.807) is 6.92 Å². The predicted molar refractivity (Wildman–Crippen MR) is 76.6 cm³/mol. The van der Waals surface area contributed by atoms with Gasteiger partial charge in [0.2, 0.25) is 0 Å². The van der Waals surface area contributed by atoms with Crippen molar-refractivity contribution in [1.29, 1.82) is 0 Å². The summed E-state index contributed by atoms with van der Waals surface area (Å²) in [5, 5.41) is 2.71. The highest BCUT2D eigenvalue weighted by molar-refractivity contribution is 5.93. The van der Waals surface area contributed by atoms with E-state index < -0.39 is 0 Å². The summed E-state index contributed by atoms with van der Waals surface area (Å²) in [5.41, 5.74) is 0.486. The Bertz CT molecular complexity index is 331. The van der Waals surface area contributed by atoms with E-state index in [1.807, 2.05) is 46.8 Å². The quantitative estimate of drug-likeness (QED) is 0.840. The van der Waals surface area contributed by atoms with E-state index in [4.69, 9.17) is 0 Å². The smallest absolute Gasteiger partial charge is 0.254 e. The summed E-state index contributed by atoms with van der Waals surface area (Å²) < 4.78 is 0. The van der Waals surface area contributed by atoms with Gasteiger partial charge in [-0.1, -0.05) is 39.8 Å².